The molecule has 8 heteroatoms. The van der Waals surface area contributed by atoms with Crippen molar-refractivity contribution in [3.8, 4) is 0 Å². The van der Waals surface area contributed by atoms with Gasteiger partial charge in [-0.05, 0) is 0 Å². The van der Waals surface area contributed by atoms with E-state index in [-0.39, 0.29) is 5.56 Å². The summed E-state index contributed by atoms with van der Waals surface area (Å²) in [6, 6.07) is 0. The molecule has 1 aliphatic rings. The zero-order valence-electron chi connectivity index (χ0n) is 6.92. The van der Waals surface area contributed by atoms with Crippen LogP contribution in [0.15, 0.2) is 6.20 Å². The van der Waals surface area contributed by atoms with E-state index in [1.54, 1.807) is 0 Å². The summed E-state index contributed by atoms with van der Waals surface area (Å²) < 4.78 is 36.4. The van der Waals surface area contributed by atoms with Gasteiger partial charge in [0.2, 0.25) is 5.82 Å². The number of imide groups is 1. The van der Waals surface area contributed by atoms with Crippen LogP contribution in [-0.2, 0) is 6.18 Å². The van der Waals surface area contributed by atoms with Crippen molar-refractivity contribution in [1.82, 2.24) is 15.3 Å². The van der Waals surface area contributed by atoms with Crippen LogP contribution < -0.4 is 5.32 Å². The number of fused-ring (bicyclic) bond motifs is 1. The van der Waals surface area contributed by atoms with Crippen molar-refractivity contribution in [2.45, 2.75) is 6.18 Å². The summed E-state index contributed by atoms with van der Waals surface area (Å²) in [6.45, 7) is 0. The van der Waals surface area contributed by atoms with Crippen molar-refractivity contribution in [2.24, 2.45) is 0 Å². The highest BCUT2D eigenvalue weighted by atomic mass is 19.4. The van der Waals surface area contributed by atoms with E-state index in [2.05, 4.69) is 9.97 Å². The third-order valence-corrected chi connectivity index (χ3v) is 1.73. The molecule has 2 amide bonds. The van der Waals surface area contributed by atoms with Gasteiger partial charge in [-0.3, -0.25) is 14.9 Å². The second-order valence-corrected chi connectivity index (χ2v) is 2.74. The zero-order chi connectivity index (χ0) is 11.2. The quantitative estimate of drug-likeness (QED) is 0.637. The first-order valence-corrected chi connectivity index (χ1v) is 3.69. The number of nitrogens with zero attached hydrogens (tertiary/aromatic N) is 2. The van der Waals surface area contributed by atoms with Crippen molar-refractivity contribution >= 4 is 11.8 Å². The average molecular weight is 217 g/mol. The van der Waals surface area contributed by atoms with Gasteiger partial charge in [0.05, 0.1) is 5.56 Å². The predicted molar refractivity (Wildman–Crippen MR) is 38.8 cm³/mol. The molecule has 0 bridgehead atoms. The SMILES string of the molecule is O=C1NC(=O)c2nc(C(F)(F)F)ncc21. The number of aromatic nitrogens is 2. The van der Waals surface area contributed by atoms with Crippen molar-refractivity contribution in [2.75, 3.05) is 0 Å². The fraction of sp³-hybridized carbons (Fsp3) is 0.143. The third kappa shape index (κ3) is 1.43. The normalized spacial score (nSPS) is 15.1. The van der Waals surface area contributed by atoms with E-state index in [1.807, 2.05) is 5.32 Å². The Labute approximate surface area is 80.3 Å². The third-order valence-electron chi connectivity index (χ3n) is 1.73. The summed E-state index contributed by atoms with van der Waals surface area (Å²) in [4.78, 5) is 27.9. The summed E-state index contributed by atoms with van der Waals surface area (Å²) in [5, 5.41) is 1.81. The molecule has 1 aliphatic heterocycles. The minimum Gasteiger partial charge on any atom is -0.287 e. The van der Waals surface area contributed by atoms with Crippen LogP contribution in [0.25, 0.3) is 0 Å². The number of alkyl halides is 3. The van der Waals surface area contributed by atoms with E-state index in [0.29, 0.717) is 6.20 Å². The molecule has 0 radical (unpaired) electrons. The monoisotopic (exact) mass is 217 g/mol. The van der Waals surface area contributed by atoms with Gasteiger partial charge in [-0.1, -0.05) is 0 Å². The van der Waals surface area contributed by atoms with Gasteiger partial charge in [-0.2, -0.15) is 13.2 Å². The lowest BCUT2D eigenvalue weighted by molar-refractivity contribution is -0.145. The average Bonchev–Trinajstić information content (AvgIpc) is 2.41. The summed E-state index contributed by atoms with van der Waals surface area (Å²) in [5.41, 5.74) is -0.782. The van der Waals surface area contributed by atoms with E-state index in [4.69, 9.17) is 0 Å². The molecule has 0 aromatic carbocycles. The first kappa shape index (κ1) is 9.56. The predicted octanol–water partition coefficient (Wildman–Crippen LogP) is 0.379. The summed E-state index contributed by atoms with van der Waals surface area (Å²) in [7, 11) is 0. The molecular formula is C7H2F3N3O2. The highest BCUT2D eigenvalue weighted by Crippen LogP contribution is 2.27. The second kappa shape index (κ2) is 2.75. The highest BCUT2D eigenvalue weighted by Gasteiger charge is 2.38. The van der Waals surface area contributed by atoms with Gasteiger partial charge in [-0.15, -0.1) is 0 Å². The number of amides is 2. The van der Waals surface area contributed by atoms with Gasteiger partial charge in [0, 0.05) is 6.20 Å². The Morgan fingerprint density at radius 2 is 1.87 bits per heavy atom. The molecule has 5 nitrogen and oxygen atoms in total. The molecule has 2 rings (SSSR count). The largest absolute Gasteiger partial charge is 0.451 e. The van der Waals surface area contributed by atoms with Crippen molar-refractivity contribution in [1.29, 1.82) is 0 Å². The van der Waals surface area contributed by atoms with Crippen LogP contribution in [0, 0.1) is 0 Å². The van der Waals surface area contributed by atoms with Gasteiger partial charge >= 0.3 is 6.18 Å². The number of carbonyl (C=O) groups is 2. The van der Waals surface area contributed by atoms with Crippen LogP contribution in [0.1, 0.15) is 26.7 Å². The van der Waals surface area contributed by atoms with E-state index in [0.717, 1.165) is 0 Å². The van der Waals surface area contributed by atoms with Crippen LogP contribution in [0.5, 0.6) is 0 Å². The molecule has 15 heavy (non-hydrogen) atoms. The lowest BCUT2D eigenvalue weighted by Gasteiger charge is -2.03. The summed E-state index contributed by atoms with van der Waals surface area (Å²) >= 11 is 0. The number of carbonyl (C=O) groups excluding carboxylic acids is 2. The van der Waals surface area contributed by atoms with Crippen LogP contribution in [0.3, 0.4) is 0 Å². The smallest absolute Gasteiger partial charge is 0.287 e. The molecule has 1 N–H and O–H groups in total. The molecule has 2 heterocycles. The number of halogens is 3. The Kier molecular flexibility index (Phi) is 1.75. The number of nitrogens with one attached hydrogen (secondary N) is 1. The lowest BCUT2D eigenvalue weighted by atomic mass is 10.2. The molecule has 0 spiro atoms. The molecule has 0 saturated heterocycles. The Bertz CT molecular complexity index is 469. The Morgan fingerprint density at radius 3 is 2.47 bits per heavy atom. The summed E-state index contributed by atoms with van der Waals surface area (Å²) in [5.74, 6) is -3.17. The molecule has 0 saturated carbocycles. The van der Waals surface area contributed by atoms with Crippen molar-refractivity contribution in [3.63, 3.8) is 0 Å². The Hall–Kier alpha value is -1.99. The van der Waals surface area contributed by atoms with Crippen LogP contribution in [0.2, 0.25) is 0 Å². The van der Waals surface area contributed by atoms with Gasteiger partial charge in [0.25, 0.3) is 11.8 Å². The minimum atomic E-state index is -4.74. The fourth-order valence-electron chi connectivity index (χ4n) is 1.09. The van der Waals surface area contributed by atoms with Gasteiger partial charge in [-0.25, -0.2) is 9.97 Å². The molecule has 1 aromatic heterocycles. The standard InChI is InChI=1S/C7H2F3N3O2/c8-7(9,10)6-11-1-2-3(12-6)5(15)13-4(2)14/h1H,(H,13,14,15). The maximum atomic E-state index is 12.1. The Balaban J connectivity index is 2.57. The van der Waals surface area contributed by atoms with Crippen molar-refractivity contribution in [3.05, 3.63) is 23.3 Å². The zero-order valence-corrected chi connectivity index (χ0v) is 6.92. The maximum absolute atomic E-state index is 12.1. The maximum Gasteiger partial charge on any atom is 0.451 e. The molecule has 1 aromatic rings. The molecule has 0 unspecified atom stereocenters. The topological polar surface area (TPSA) is 72.0 Å². The molecule has 0 aliphatic carbocycles. The van der Waals surface area contributed by atoms with E-state index in [1.165, 1.54) is 0 Å². The van der Waals surface area contributed by atoms with Crippen LogP contribution in [0.4, 0.5) is 13.2 Å². The lowest BCUT2D eigenvalue weighted by Crippen LogP contribution is -2.20. The Morgan fingerprint density at radius 1 is 1.20 bits per heavy atom. The number of rotatable bonds is 0. The molecule has 78 valence electrons. The van der Waals surface area contributed by atoms with Gasteiger partial charge in [0.1, 0.15) is 5.69 Å². The van der Waals surface area contributed by atoms with Crippen molar-refractivity contribution < 1.29 is 22.8 Å². The van der Waals surface area contributed by atoms with Gasteiger partial charge < -0.3 is 0 Å². The molecular weight excluding hydrogens is 215 g/mol. The number of hydrogen-bond acceptors (Lipinski definition) is 4. The molecule has 0 atom stereocenters. The van der Waals surface area contributed by atoms with E-state index in [9.17, 15) is 22.8 Å². The van der Waals surface area contributed by atoms with E-state index < -0.39 is 29.5 Å². The fourth-order valence-corrected chi connectivity index (χ4v) is 1.09. The van der Waals surface area contributed by atoms with E-state index >= 15 is 0 Å². The highest BCUT2D eigenvalue weighted by molar-refractivity contribution is 6.20. The first-order chi connectivity index (χ1) is 6.89. The first-order valence-electron chi connectivity index (χ1n) is 3.69. The molecule has 0 fully saturated rings. The number of hydrogen-bond donors (Lipinski definition) is 1. The van der Waals surface area contributed by atoms with Gasteiger partial charge in [0.15, 0.2) is 0 Å². The van der Waals surface area contributed by atoms with Crippen LogP contribution >= 0.6 is 0 Å². The second-order valence-electron chi connectivity index (χ2n) is 2.74. The minimum absolute atomic E-state index is 0.243. The summed E-state index contributed by atoms with van der Waals surface area (Å²) in [6.07, 6.45) is -4.05. The van der Waals surface area contributed by atoms with Crippen LogP contribution in [-0.4, -0.2) is 21.8 Å².